The third-order valence-corrected chi connectivity index (χ3v) is 3.30. The lowest BCUT2D eigenvalue weighted by Gasteiger charge is -2.15. The van der Waals surface area contributed by atoms with E-state index in [1.165, 1.54) is 0 Å². The summed E-state index contributed by atoms with van der Waals surface area (Å²) >= 11 is 0. The zero-order valence-electron chi connectivity index (χ0n) is 11.5. The number of aryl methyl sites for hydroxylation is 2. The third kappa shape index (κ3) is 4.15. The van der Waals surface area contributed by atoms with Crippen molar-refractivity contribution in [2.75, 3.05) is 13.2 Å². The maximum absolute atomic E-state index is 12.1. The lowest BCUT2D eigenvalue weighted by molar-refractivity contribution is 0.0943. The normalized spacial score (nSPS) is 12.2. The third-order valence-electron chi connectivity index (χ3n) is 3.30. The predicted octanol–water partition coefficient (Wildman–Crippen LogP) is 2.44. The molecule has 0 aliphatic carbocycles. The standard InChI is InChI=1S/C15H23NO2/c1-4-13(7-8-17)10-16-15(18)14-9-11(2)5-6-12(14)3/h5-6,9,13,17H,4,7-8,10H2,1-3H3,(H,16,18). The molecule has 0 aliphatic rings. The molecule has 0 fully saturated rings. The minimum atomic E-state index is -0.0208. The molecule has 2 N–H and O–H groups in total. The maximum Gasteiger partial charge on any atom is 0.251 e. The van der Waals surface area contributed by atoms with Crippen molar-refractivity contribution in [3.63, 3.8) is 0 Å². The molecule has 3 nitrogen and oxygen atoms in total. The van der Waals surface area contributed by atoms with Gasteiger partial charge in [0.15, 0.2) is 0 Å². The topological polar surface area (TPSA) is 49.3 Å². The van der Waals surface area contributed by atoms with Crippen LogP contribution in [0.2, 0.25) is 0 Å². The van der Waals surface area contributed by atoms with Crippen molar-refractivity contribution in [2.24, 2.45) is 5.92 Å². The molecular weight excluding hydrogens is 226 g/mol. The predicted molar refractivity (Wildman–Crippen MR) is 73.7 cm³/mol. The number of benzene rings is 1. The van der Waals surface area contributed by atoms with E-state index in [0.717, 1.165) is 29.5 Å². The first-order chi connectivity index (χ1) is 8.58. The number of aliphatic hydroxyl groups is 1. The second kappa shape index (κ2) is 7.17. The largest absolute Gasteiger partial charge is 0.396 e. The molecule has 0 heterocycles. The molecule has 0 aromatic heterocycles. The van der Waals surface area contributed by atoms with Gasteiger partial charge in [-0.1, -0.05) is 31.0 Å². The van der Waals surface area contributed by atoms with E-state index >= 15 is 0 Å². The van der Waals surface area contributed by atoms with Gasteiger partial charge in [-0.05, 0) is 37.8 Å². The summed E-state index contributed by atoms with van der Waals surface area (Å²) in [5.74, 6) is 0.330. The molecule has 0 spiro atoms. The number of amides is 1. The van der Waals surface area contributed by atoms with Gasteiger partial charge < -0.3 is 10.4 Å². The molecule has 1 atom stereocenters. The smallest absolute Gasteiger partial charge is 0.251 e. The molecule has 0 saturated heterocycles. The summed E-state index contributed by atoms with van der Waals surface area (Å²) < 4.78 is 0. The monoisotopic (exact) mass is 249 g/mol. The fraction of sp³-hybridized carbons (Fsp3) is 0.533. The van der Waals surface area contributed by atoms with E-state index < -0.39 is 0 Å². The molecule has 100 valence electrons. The summed E-state index contributed by atoms with van der Waals surface area (Å²) in [5, 5.41) is 11.9. The fourth-order valence-corrected chi connectivity index (χ4v) is 1.95. The van der Waals surface area contributed by atoms with Gasteiger partial charge in [-0.15, -0.1) is 0 Å². The van der Waals surface area contributed by atoms with Gasteiger partial charge in [-0.2, -0.15) is 0 Å². The van der Waals surface area contributed by atoms with Crippen LogP contribution in [0.3, 0.4) is 0 Å². The van der Waals surface area contributed by atoms with Crippen LogP contribution < -0.4 is 5.32 Å². The Balaban J connectivity index is 2.62. The minimum absolute atomic E-state index is 0.0208. The van der Waals surface area contributed by atoms with E-state index in [-0.39, 0.29) is 12.5 Å². The van der Waals surface area contributed by atoms with Crippen LogP contribution in [0.5, 0.6) is 0 Å². The molecular formula is C15H23NO2. The maximum atomic E-state index is 12.1. The van der Waals surface area contributed by atoms with E-state index in [4.69, 9.17) is 5.11 Å². The molecule has 0 saturated carbocycles. The van der Waals surface area contributed by atoms with Crippen molar-refractivity contribution in [1.82, 2.24) is 5.32 Å². The van der Waals surface area contributed by atoms with E-state index in [9.17, 15) is 4.79 Å². The Bertz CT molecular complexity index is 401. The highest BCUT2D eigenvalue weighted by atomic mass is 16.3. The summed E-state index contributed by atoms with van der Waals surface area (Å²) in [6.45, 7) is 6.81. The highest BCUT2D eigenvalue weighted by molar-refractivity contribution is 5.95. The van der Waals surface area contributed by atoms with Crippen molar-refractivity contribution in [3.05, 3.63) is 34.9 Å². The molecule has 0 bridgehead atoms. The molecule has 0 radical (unpaired) electrons. The molecule has 1 rings (SSSR count). The Hall–Kier alpha value is -1.35. The molecule has 0 aliphatic heterocycles. The zero-order chi connectivity index (χ0) is 13.5. The Morgan fingerprint density at radius 2 is 2.11 bits per heavy atom. The second-order valence-electron chi connectivity index (χ2n) is 4.81. The molecule has 18 heavy (non-hydrogen) atoms. The Morgan fingerprint density at radius 3 is 2.72 bits per heavy atom. The number of rotatable bonds is 6. The average Bonchev–Trinajstić information content (AvgIpc) is 2.37. The van der Waals surface area contributed by atoms with Crippen molar-refractivity contribution in [3.8, 4) is 0 Å². The number of carbonyl (C=O) groups excluding carboxylic acids is 1. The van der Waals surface area contributed by atoms with Gasteiger partial charge in [0, 0.05) is 18.7 Å². The Kier molecular flexibility index (Phi) is 5.86. The van der Waals surface area contributed by atoms with Gasteiger partial charge in [0.25, 0.3) is 5.91 Å². The molecule has 1 amide bonds. The van der Waals surface area contributed by atoms with Crippen LogP contribution in [0, 0.1) is 19.8 Å². The summed E-state index contributed by atoms with van der Waals surface area (Å²) in [6.07, 6.45) is 1.71. The van der Waals surface area contributed by atoms with E-state index in [1.807, 2.05) is 32.0 Å². The fourth-order valence-electron chi connectivity index (χ4n) is 1.95. The molecule has 1 aromatic carbocycles. The summed E-state index contributed by atoms with van der Waals surface area (Å²) in [7, 11) is 0. The lowest BCUT2D eigenvalue weighted by Crippen LogP contribution is -2.30. The average molecular weight is 249 g/mol. The number of hydrogen-bond donors (Lipinski definition) is 2. The van der Waals surface area contributed by atoms with Gasteiger partial charge >= 0.3 is 0 Å². The van der Waals surface area contributed by atoms with Gasteiger partial charge in [-0.3, -0.25) is 4.79 Å². The van der Waals surface area contributed by atoms with Crippen LogP contribution in [-0.2, 0) is 0 Å². The summed E-state index contributed by atoms with van der Waals surface area (Å²) in [4.78, 5) is 12.1. The van der Waals surface area contributed by atoms with E-state index in [0.29, 0.717) is 12.5 Å². The van der Waals surface area contributed by atoms with Crippen molar-refractivity contribution >= 4 is 5.91 Å². The SMILES string of the molecule is CCC(CCO)CNC(=O)c1cc(C)ccc1C. The summed E-state index contributed by atoms with van der Waals surface area (Å²) in [5.41, 5.74) is 2.83. The number of hydrogen-bond acceptors (Lipinski definition) is 2. The number of nitrogens with one attached hydrogen (secondary N) is 1. The molecule has 1 aromatic rings. The molecule has 1 unspecified atom stereocenters. The van der Waals surface area contributed by atoms with Gasteiger partial charge in [0.1, 0.15) is 0 Å². The highest BCUT2D eigenvalue weighted by Crippen LogP contribution is 2.11. The van der Waals surface area contributed by atoms with E-state index in [2.05, 4.69) is 12.2 Å². The van der Waals surface area contributed by atoms with Crippen LogP contribution >= 0.6 is 0 Å². The first-order valence-corrected chi connectivity index (χ1v) is 6.54. The Morgan fingerprint density at radius 1 is 1.39 bits per heavy atom. The summed E-state index contributed by atoms with van der Waals surface area (Å²) in [6, 6.07) is 5.89. The second-order valence-corrected chi connectivity index (χ2v) is 4.81. The first-order valence-electron chi connectivity index (χ1n) is 6.54. The Labute approximate surface area is 109 Å². The number of carbonyl (C=O) groups is 1. The first kappa shape index (κ1) is 14.7. The van der Waals surface area contributed by atoms with Crippen molar-refractivity contribution < 1.29 is 9.90 Å². The van der Waals surface area contributed by atoms with Gasteiger partial charge in [0.2, 0.25) is 0 Å². The minimum Gasteiger partial charge on any atom is -0.396 e. The van der Waals surface area contributed by atoms with Crippen LogP contribution in [-0.4, -0.2) is 24.2 Å². The van der Waals surface area contributed by atoms with Crippen LogP contribution in [0.1, 0.15) is 41.3 Å². The van der Waals surface area contributed by atoms with Crippen LogP contribution in [0.25, 0.3) is 0 Å². The van der Waals surface area contributed by atoms with Crippen molar-refractivity contribution in [2.45, 2.75) is 33.6 Å². The zero-order valence-corrected chi connectivity index (χ0v) is 11.5. The van der Waals surface area contributed by atoms with Crippen LogP contribution in [0.15, 0.2) is 18.2 Å². The highest BCUT2D eigenvalue weighted by Gasteiger charge is 2.11. The van der Waals surface area contributed by atoms with E-state index in [1.54, 1.807) is 0 Å². The van der Waals surface area contributed by atoms with Gasteiger partial charge in [-0.25, -0.2) is 0 Å². The van der Waals surface area contributed by atoms with Crippen LogP contribution in [0.4, 0.5) is 0 Å². The number of aliphatic hydroxyl groups excluding tert-OH is 1. The van der Waals surface area contributed by atoms with Gasteiger partial charge in [0.05, 0.1) is 0 Å². The van der Waals surface area contributed by atoms with Crippen molar-refractivity contribution in [1.29, 1.82) is 0 Å². The quantitative estimate of drug-likeness (QED) is 0.813. The lowest BCUT2D eigenvalue weighted by atomic mass is 10.0. The molecule has 3 heteroatoms.